The third-order valence-electron chi connectivity index (χ3n) is 1.52. The van der Waals surface area contributed by atoms with Crippen molar-refractivity contribution in [1.29, 1.82) is 0 Å². The van der Waals surface area contributed by atoms with Gasteiger partial charge in [-0.1, -0.05) is 6.92 Å². The van der Waals surface area contributed by atoms with E-state index in [1.54, 1.807) is 18.6 Å². The molecule has 1 unspecified atom stereocenters. The maximum Gasteiger partial charge on any atom is 0.144 e. The number of nitrogens with one attached hydrogen (secondary N) is 1. The zero-order chi connectivity index (χ0) is 9.52. The third kappa shape index (κ3) is 3.98. The Hall–Kier alpha value is -0.970. The van der Waals surface area contributed by atoms with Crippen LogP contribution in [-0.2, 0) is 10.8 Å². The van der Waals surface area contributed by atoms with Gasteiger partial charge in [0.25, 0.3) is 0 Å². The van der Waals surface area contributed by atoms with E-state index in [2.05, 4.69) is 15.3 Å². The summed E-state index contributed by atoms with van der Waals surface area (Å²) >= 11 is 0. The number of anilines is 1. The first-order valence-electron chi connectivity index (χ1n) is 4.17. The molecule has 72 valence electrons. The van der Waals surface area contributed by atoms with Crippen LogP contribution >= 0.6 is 0 Å². The van der Waals surface area contributed by atoms with Gasteiger partial charge in [0.1, 0.15) is 5.82 Å². The topological polar surface area (TPSA) is 54.9 Å². The van der Waals surface area contributed by atoms with Gasteiger partial charge in [0.2, 0.25) is 0 Å². The fourth-order valence-electron chi connectivity index (χ4n) is 0.828. The molecule has 0 aliphatic rings. The number of hydrogen-bond acceptors (Lipinski definition) is 4. The first-order chi connectivity index (χ1) is 6.33. The van der Waals surface area contributed by atoms with Gasteiger partial charge in [-0.05, 0) is 0 Å². The maximum atomic E-state index is 11.0. The smallest absolute Gasteiger partial charge is 0.144 e. The highest BCUT2D eigenvalue weighted by atomic mass is 32.2. The van der Waals surface area contributed by atoms with Gasteiger partial charge in [0.15, 0.2) is 0 Å². The van der Waals surface area contributed by atoms with Crippen molar-refractivity contribution in [3.63, 3.8) is 0 Å². The Morgan fingerprint density at radius 1 is 1.54 bits per heavy atom. The van der Waals surface area contributed by atoms with Gasteiger partial charge in [-0.2, -0.15) is 0 Å². The van der Waals surface area contributed by atoms with Crippen molar-refractivity contribution in [2.45, 2.75) is 6.92 Å². The van der Waals surface area contributed by atoms with Crippen molar-refractivity contribution >= 4 is 16.6 Å². The molecule has 0 aliphatic carbocycles. The van der Waals surface area contributed by atoms with Gasteiger partial charge in [-0.15, -0.1) is 0 Å². The zero-order valence-corrected chi connectivity index (χ0v) is 8.38. The summed E-state index contributed by atoms with van der Waals surface area (Å²) in [5.74, 6) is 2.10. The molecule has 0 bridgehead atoms. The quantitative estimate of drug-likeness (QED) is 0.756. The monoisotopic (exact) mass is 199 g/mol. The van der Waals surface area contributed by atoms with Gasteiger partial charge in [0, 0.05) is 41.2 Å². The molecule has 1 heterocycles. The molecule has 0 saturated carbocycles. The van der Waals surface area contributed by atoms with E-state index in [1.165, 1.54) is 0 Å². The van der Waals surface area contributed by atoms with Crippen molar-refractivity contribution < 1.29 is 4.21 Å². The summed E-state index contributed by atoms with van der Waals surface area (Å²) < 4.78 is 11.0. The number of nitrogens with zero attached hydrogens (tertiary/aromatic N) is 2. The molecule has 13 heavy (non-hydrogen) atoms. The fourth-order valence-corrected chi connectivity index (χ4v) is 1.45. The molecule has 0 aliphatic heterocycles. The average Bonchev–Trinajstić information content (AvgIpc) is 2.19. The lowest BCUT2D eigenvalue weighted by Gasteiger charge is -2.02. The van der Waals surface area contributed by atoms with E-state index >= 15 is 0 Å². The van der Waals surface area contributed by atoms with E-state index in [-0.39, 0.29) is 0 Å². The second-order valence-corrected chi connectivity index (χ2v) is 4.32. The molecule has 0 radical (unpaired) electrons. The van der Waals surface area contributed by atoms with Crippen LogP contribution in [0.15, 0.2) is 18.6 Å². The molecule has 1 atom stereocenters. The van der Waals surface area contributed by atoms with E-state index in [1.807, 2.05) is 6.92 Å². The zero-order valence-electron chi connectivity index (χ0n) is 7.56. The van der Waals surface area contributed by atoms with Crippen LogP contribution in [0.3, 0.4) is 0 Å². The van der Waals surface area contributed by atoms with Crippen LogP contribution in [0.2, 0.25) is 0 Å². The molecule has 1 N–H and O–H groups in total. The summed E-state index contributed by atoms with van der Waals surface area (Å²) in [5.41, 5.74) is 0. The highest BCUT2D eigenvalue weighted by molar-refractivity contribution is 7.84. The van der Waals surface area contributed by atoms with E-state index in [0.29, 0.717) is 18.1 Å². The van der Waals surface area contributed by atoms with Gasteiger partial charge in [0.05, 0.1) is 6.20 Å². The molecule has 1 rings (SSSR count). The van der Waals surface area contributed by atoms with E-state index in [4.69, 9.17) is 0 Å². The van der Waals surface area contributed by atoms with Gasteiger partial charge in [-0.3, -0.25) is 9.19 Å². The molecule has 4 nitrogen and oxygen atoms in total. The lowest BCUT2D eigenvalue weighted by molar-refractivity contribution is 0.684. The van der Waals surface area contributed by atoms with Crippen LogP contribution in [0.5, 0.6) is 0 Å². The van der Waals surface area contributed by atoms with Crippen molar-refractivity contribution in [2.24, 2.45) is 0 Å². The summed E-state index contributed by atoms with van der Waals surface area (Å²) in [6.07, 6.45) is 4.89. The molecular weight excluding hydrogens is 186 g/mol. The fraction of sp³-hybridized carbons (Fsp3) is 0.500. The molecule has 0 saturated heterocycles. The van der Waals surface area contributed by atoms with Crippen molar-refractivity contribution in [1.82, 2.24) is 9.97 Å². The Morgan fingerprint density at radius 3 is 3.00 bits per heavy atom. The summed E-state index contributed by atoms with van der Waals surface area (Å²) in [4.78, 5) is 7.93. The van der Waals surface area contributed by atoms with E-state index < -0.39 is 10.8 Å². The summed E-state index contributed by atoms with van der Waals surface area (Å²) in [6, 6.07) is 0. The van der Waals surface area contributed by atoms with Crippen LogP contribution in [0.4, 0.5) is 5.82 Å². The van der Waals surface area contributed by atoms with Crippen LogP contribution in [-0.4, -0.2) is 32.2 Å². The SMILES string of the molecule is CCS(=O)CCNc1cnccn1. The first-order valence-corrected chi connectivity index (χ1v) is 5.66. The molecule has 0 fully saturated rings. The molecule has 0 spiro atoms. The minimum Gasteiger partial charge on any atom is -0.368 e. The summed E-state index contributed by atoms with van der Waals surface area (Å²) in [7, 11) is -0.711. The summed E-state index contributed by atoms with van der Waals surface area (Å²) in [6.45, 7) is 2.59. The second-order valence-electron chi connectivity index (χ2n) is 2.45. The third-order valence-corrected chi connectivity index (χ3v) is 2.82. The van der Waals surface area contributed by atoms with Gasteiger partial charge >= 0.3 is 0 Å². The molecule has 1 aromatic rings. The van der Waals surface area contributed by atoms with Gasteiger partial charge < -0.3 is 5.32 Å². The van der Waals surface area contributed by atoms with Crippen molar-refractivity contribution in [3.05, 3.63) is 18.6 Å². The van der Waals surface area contributed by atoms with Crippen molar-refractivity contribution in [3.8, 4) is 0 Å². The first kappa shape index (κ1) is 10.1. The Labute approximate surface area is 80.3 Å². The minimum absolute atomic E-state index is 0.660. The molecule has 1 aromatic heterocycles. The van der Waals surface area contributed by atoms with E-state index in [9.17, 15) is 4.21 Å². The highest BCUT2D eigenvalue weighted by Gasteiger charge is 1.95. The Morgan fingerprint density at radius 2 is 2.38 bits per heavy atom. The number of hydrogen-bond donors (Lipinski definition) is 1. The Bertz CT molecular complexity index is 265. The van der Waals surface area contributed by atoms with Crippen LogP contribution in [0.1, 0.15) is 6.92 Å². The maximum absolute atomic E-state index is 11.0. The number of rotatable bonds is 5. The predicted octanol–water partition coefficient (Wildman–Crippen LogP) is 0.657. The number of aromatic nitrogens is 2. The second kappa shape index (κ2) is 5.64. The molecule has 5 heteroatoms. The Kier molecular flexibility index (Phi) is 4.39. The summed E-state index contributed by atoms with van der Waals surface area (Å²) in [5, 5.41) is 3.04. The average molecular weight is 199 g/mol. The normalized spacial score (nSPS) is 12.4. The predicted molar refractivity (Wildman–Crippen MR) is 54.1 cm³/mol. The van der Waals surface area contributed by atoms with Crippen molar-refractivity contribution in [2.75, 3.05) is 23.4 Å². The lowest BCUT2D eigenvalue weighted by atomic mass is 10.6. The molecule has 0 amide bonds. The van der Waals surface area contributed by atoms with Crippen LogP contribution in [0.25, 0.3) is 0 Å². The van der Waals surface area contributed by atoms with Crippen LogP contribution < -0.4 is 5.32 Å². The minimum atomic E-state index is -0.711. The standard InChI is InChI=1S/C8H13N3OS/c1-2-13(12)6-5-11-8-7-9-3-4-10-8/h3-4,7H,2,5-6H2,1H3,(H,10,11). The van der Waals surface area contributed by atoms with Gasteiger partial charge in [-0.25, -0.2) is 4.98 Å². The largest absolute Gasteiger partial charge is 0.368 e. The van der Waals surface area contributed by atoms with E-state index in [0.717, 1.165) is 5.82 Å². The molecular formula is C8H13N3OS. The van der Waals surface area contributed by atoms with Crippen LogP contribution in [0, 0.1) is 0 Å². The molecule has 0 aromatic carbocycles. The Balaban J connectivity index is 2.24. The highest BCUT2D eigenvalue weighted by Crippen LogP contribution is 1.95. The lowest BCUT2D eigenvalue weighted by Crippen LogP contribution is -2.12.